The zero-order chi connectivity index (χ0) is 22.1. The van der Waals surface area contributed by atoms with Crippen molar-refractivity contribution >= 4 is 17.7 Å². The molecule has 2 aromatic carbocycles. The van der Waals surface area contributed by atoms with Crippen LogP contribution in [0.2, 0.25) is 0 Å². The Morgan fingerprint density at radius 3 is 2.20 bits per heavy atom. The van der Waals surface area contributed by atoms with E-state index in [-0.39, 0.29) is 30.2 Å². The van der Waals surface area contributed by atoms with Gasteiger partial charge in [0, 0.05) is 26.2 Å². The van der Waals surface area contributed by atoms with E-state index in [0.29, 0.717) is 17.9 Å². The second-order valence-electron chi connectivity index (χ2n) is 7.36. The number of para-hydroxylation sites is 1. The highest BCUT2D eigenvalue weighted by molar-refractivity contribution is 5.94. The van der Waals surface area contributed by atoms with E-state index < -0.39 is 6.04 Å². The molecule has 0 aliphatic heterocycles. The van der Waals surface area contributed by atoms with Gasteiger partial charge in [-0.05, 0) is 35.7 Å². The first kappa shape index (κ1) is 22.9. The standard InChI is InChI=1S/C23H29N3O4/c1-16(2)21(25-20(27)15-30-19-8-6-5-7-9-19)23(29)26(4)14-17-10-12-18(13-11-17)22(28)24-3/h5-13,16,21H,14-15H2,1-4H3,(H,24,28)(H,25,27)/t21-/m0/s1. The molecule has 0 bridgehead atoms. The Labute approximate surface area is 177 Å². The molecule has 1 atom stereocenters. The van der Waals surface area contributed by atoms with E-state index in [0.717, 1.165) is 5.56 Å². The molecule has 30 heavy (non-hydrogen) atoms. The second kappa shape index (κ2) is 11.0. The number of ether oxygens (including phenoxy) is 1. The van der Waals surface area contributed by atoms with Crippen LogP contribution in [0.1, 0.15) is 29.8 Å². The van der Waals surface area contributed by atoms with Crippen molar-refractivity contribution < 1.29 is 19.1 Å². The van der Waals surface area contributed by atoms with Gasteiger partial charge in [-0.3, -0.25) is 14.4 Å². The van der Waals surface area contributed by atoms with Crippen LogP contribution in [0, 0.1) is 5.92 Å². The molecule has 0 fully saturated rings. The number of likely N-dealkylation sites (N-methyl/N-ethyl adjacent to an activating group) is 1. The molecular weight excluding hydrogens is 382 g/mol. The Bertz CT molecular complexity index is 851. The number of carbonyl (C=O) groups is 3. The number of nitrogens with zero attached hydrogens (tertiary/aromatic N) is 1. The summed E-state index contributed by atoms with van der Waals surface area (Å²) in [6.07, 6.45) is 0. The molecule has 0 heterocycles. The molecule has 0 saturated heterocycles. The van der Waals surface area contributed by atoms with Crippen molar-refractivity contribution in [3.05, 3.63) is 65.7 Å². The molecule has 3 amide bonds. The van der Waals surface area contributed by atoms with Crippen LogP contribution in [0.5, 0.6) is 5.75 Å². The highest BCUT2D eigenvalue weighted by atomic mass is 16.5. The van der Waals surface area contributed by atoms with Crippen molar-refractivity contribution in [1.82, 2.24) is 15.5 Å². The van der Waals surface area contributed by atoms with E-state index in [4.69, 9.17) is 4.74 Å². The lowest BCUT2D eigenvalue weighted by atomic mass is 10.0. The van der Waals surface area contributed by atoms with Crippen LogP contribution in [0.3, 0.4) is 0 Å². The molecule has 0 radical (unpaired) electrons. The third kappa shape index (κ3) is 6.62. The number of hydrogen-bond donors (Lipinski definition) is 2. The monoisotopic (exact) mass is 411 g/mol. The largest absolute Gasteiger partial charge is 0.484 e. The smallest absolute Gasteiger partial charge is 0.258 e. The summed E-state index contributed by atoms with van der Waals surface area (Å²) in [7, 11) is 3.27. The second-order valence-corrected chi connectivity index (χ2v) is 7.36. The molecule has 0 unspecified atom stereocenters. The van der Waals surface area contributed by atoms with Crippen LogP contribution >= 0.6 is 0 Å². The zero-order valence-corrected chi connectivity index (χ0v) is 17.8. The van der Waals surface area contributed by atoms with E-state index in [1.807, 2.05) is 44.2 Å². The third-order valence-electron chi connectivity index (χ3n) is 4.60. The van der Waals surface area contributed by atoms with E-state index in [1.54, 1.807) is 43.3 Å². The summed E-state index contributed by atoms with van der Waals surface area (Å²) in [6, 6.07) is 15.4. The van der Waals surface area contributed by atoms with Crippen LogP contribution < -0.4 is 15.4 Å². The van der Waals surface area contributed by atoms with Gasteiger partial charge in [-0.2, -0.15) is 0 Å². The summed E-state index contributed by atoms with van der Waals surface area (Å²) in [4.78, 5) is 38.4. The van der Waals surface area contributed by atoms with Gasteiger partial charge in [0.2, 0.25) is 5.91 Å². The van der Waals surface area contributed by atoms with Crippen molar-refractivity contribution in [2.75, 3.05) is 20.7 Å². The molecule has 160 valence electrons. The van der Waals surface area contributed by atoms with Gasteiger partial charge >= 0.3 is 0 Å². The van der Waals surface area contributed by atoms with Crippen molar-refractivity contribution in [3.8, 4) is 5.75 Å². The van der Waals surface area contributed by atoms with Gasteiger partial charge in [-0.25, -0.2) is 0 Å². The summed E-state index contributed by atoms with van der Waals surface area (Å²) in [5, 5.41) is 5.35. The maximum atomic E-state index is 12.9. The summed E-state index contributed by atoms with van der Waals surface area (Å²) < 4.78 is 5.45. The minimum atomic E-state index is -0.660. The third-order valence-corrected chi connectivity index (χ3v) is 4.60. The first-order valence-electron chi connectivity index (χ1n) is 9.85. The van der Waals surface area contributed by atoms with E-state index in [9.17, 15) is 14.4 Å². The van der Waals surface area contributed by atoms with Gasteiger partial charge in [-0.1, -0.05) is 44.2 Å². The molecule has 2 aromatic rings. The Kier molecular flexibility index (Phi) is 8.41. The molecule has 7 heteroatoms. The molecule has 7 nitrogen and oxygen atoms in total. The fourth-order valence-electron chi connectivity index (χ4n) is 2.89. The highest BCUT2D eigenvalue weighted by Crippen LogP contribution is 2.12. The van der Waals surface area contributed by atoms with E-state index >= 15 is 0 Å². The first-order valence-corrected chi connectivity index (χ1v) is 9.85. The van der Waals surface area contributed by atoms with Gasteiger partial charge in [0.25, 0.3) is 11.8 Å². The molecule has 2 N–H and O–H groups in total. The fourth-order valence-corrected chi connectivity index (χ4v) is 2.89. The maximum Gasteiger partial charge on any atom is 0.258 e. The SMILES string of the molecule is CNC(=O)c1ccc(CN(C)C(=O)[C@@H](NC(=O)COc2ccccc2)C(C)C)cc1. The van der Waals surface area contributed by atoms with Crippen LogP contribution in [0.4, 0.5) is 0 Å². The van der Waals surface area contributed by atoms with Crippen LogP contribution in [-0.4, -0.2) is 49.4 Å². The molecule has 0 aliphatic carbocycles. The van der Waals surface area contributed by atoms with Crippen molar-refractivity contribution in [3.63, 3.8) is 0 Å². The summed E-state index contributed by atoms with van der Waals surface area (Å²) >= 11 is 0. The van der Waals surface area contributed by atoms with Gasteiger partial charge in [-0.15, -0.1) is 0 Å². The lowest BCUT2D eigenvalue weighted by molar-refractivity contribution is -0.137. The number of carbonyl (C=O) groups excluding carboxylic acids is 3. The lowest BCUT2D eigenvalue weighted by Crippen LogP contribution is -2.51. The average molecular weight is 412 g/mol. The highest BCUT2D eigenvalue weighted by Gasteiger charge is 2.27. The Morgan fingerprint density at radius 2 is 1.63 bits per heavy atom. The number of hydrogen-bond acceptors (Lipinski definition) is 4. The molecule has 0 aliphatic rings. The summed E-state index contributed by atoms with van der Waals surface area (Å²) in [6.45, 7) is 3.97. The normalized spacial score (nSPS) is 11.5. The molecule has 0 saturated carbocycles. The average Bonchev–Trinajstić information content (AvgIpc) is 2.76. The maximum absolute atomic E-state index is 12.9. The minimum absolute atomic E-state index is 0.0868. The number of rotatable bonds is 9. The van der Waals surface area contributed by atoms with E-state index in [2.05, 4.69) is 10.6 Å². The predicted octanol–water partition coefficient (Wildman–Crippen LogP) is 2.22. The van der Waals surface area contributed by atoms with Gasteiger partial charge in [0.05, 0.1) is 0 Å². The zero-order valence-electron chi connectivity index (χ0n) is 17.8. The summed E-state index contributed by atoms with van der Waals surface area (Å²) in [5.74, 6) is -0.192. The van der Waals surface area contributed by atoms with Crippen molar-refractivity contribution in [2.24, 2.45) is 5.92 Å². The molecule has 0 aromatic heterocycles. The number of amides is 3. The van der Waals surface area contributed by atoms with Crippen LogP contribution in [-0.2, 0) is 16.1 Å². The molecular formula is C23H29N3O4. The Balaban J connectivity index is 1.94. The topological polar surface area (TPSA) is 87.7 Å². The molecule has 0 spiro atoms. The Hall–Kier alpha value is -3.35. The van der Waals surface area contributed by atoms with Crippen molar-refractivity contribution in [1.29, 1.82) is 0 Å². The van der Waals surface area contributed by atoms with Gasteiger partial charge in [0.15, 0.2) is 6.61 Å². The fraction of sp³-hybridized carbons (Fsp3) is 0.348. The number of benzene rings is 2. The predicted molar refractivity (Wildman–Crippen MR) is 115 cm³/mol. The quantitative estimate of drug-likeness (QED) is 0.662. The summed E-state index contributed by atoms with van der Waals surface area (Å²) in [5.41, 5.74) is 1.45. The van der Waals surface area contributed by atoms with Crippen LogP contribution in [0.15, 0.2) is 54.6 Å². The molecule has 2 rings (SSSR count). The van der Waals surface area contributed by atoms with Gasteiger partial charge in [0.1, 0.15) is 11.8 Å². The lowest BCUT2D eigenvalue weighted by Gasteiger charge is -2.27. The first-order chi connectivity index (χ1) is 14.3. The Morgan fingerprint density at radius 1 is 1.00 bits per heavy atom. The van der Waals surface area contributed by atoms with Crippen LogP contribution in [0.25, 0.3) is 0 Å². The minimum Gasteiger partial charge on any atom is -0.484 e. The number of nitrogens with one attached hydrogen (secondary N) is 2. The van der Waals surface area contributed by atoms with Gasteiger partial charge < -0.3 is 20.3 Å². The van der Waals surface area contributed by atoms with E-state index in [1.165, 1.54) is 0 Å². The van der Waals surface area contributed by atoms with Crippen molar-refractivity contribution in [2.45, 2.75) is 26.4 Å².